The minimum atomic E-state index is -0.917. The van der Waals surface area contributed by atoms with Crippen LogP contribution in [-0.4, -0.2) is 41.1 Å². The summed E-state index contributed by atoms with van der Waals surface area (Å²) in [6.07, 6.45) is 3.24. The Bertz CT molecular complexity index is 185. The molecule has 2 atom stereocenters. The molecule has 4 nitrogen and oxygen atoms in total. The van der Waals surface area contributed by atoms with Gasteiger partial charge in [0.2, 0.25) is 0 Å². The van der Waals surface area contributed by atoms with Crippen molar-refractivity contribution in [2.24, 2.45) is 5.73 Å². The van der Waals surface area contributed by atoms with E-state index in [1.807, 2.05) is 0 Å². The van der Waals surface area contributed by atoms with E-state index in [2.05, 4.69) is 25.7 Å². The number of hydrogen-bond donors (Lipinski definition) is 2. The third-order valence-corrected chi connectivity index (χ3v) is 2.76. The molecule has 0 rings (SSSR count). The zero-order chi connectivity index (χ0) is 11.8. The van der Waals surface area contributed by atoms with Gasteiger partial charge in [-0.3, -0.25) is 9.69 Å². The van der Waals surface area contributed by atoms with Crippen LogP contribution in [0.4, 0.5) is 0 Å². The molecule has 0 spiro atoms. The van der Waals surface area contributed by atoms with Crippen molar-refractivity contribution in [2.45, 2.75) is 52.1 Å². The molecule has 0 aromatic carbocycles. The van der Waals surface area contributed by atoms with E-state index in [9.17, 15) is 4.79 Å². The summed E-state index contributed by atoms with van der Waals surface area (Å²) in [5.41, 5.74) is 5.54. The van der Waals surface area contributed by atoms with E-state index >= 15 is 0 Å². The second kappa shape index (κ2) is 7.65. The Hall–Kier alpha value is -0.610. The second-order valence-corrected chi connectivity index (χ2v) is 4.05. The molecule has 0 heterocycles. The smallest absolute Gasteiger partial charge is 0.321 e. The Morgan fingerprint density at radius 2 is 2.07 bits per heavy atom. The number of aliphatic carboxylic acids is 1. The Labute approximate surface area is 92.4 Å². The number of carboxylic acids is 1. The van der Waals surface area contributed by atoms with Crippen molar-refractivity contribution in [3.8, 4) is 0 Å². The van der Waals surface area contributed by atoms with Gasteiger partial charge in [-0.15, -0.1) is 0 Å². The van der Waals surface area contributed by atoms with Crippen LogP contribution in [0.5, 0.6) is 0 Å². The molecule has 0 fully saturated rings. The van der Waals surface area contributed by atoms with Crippen molar-refractivity contribution in [3.63, 3.8) is 0 Å². The van der Waals surface area contributed by atoms with Crippen LogP contribution >= 0.6 is 0 Å². The second-order valence-electron chi connectivity index (χ2n) is 4.05. The summed E-state index contributed by atoms with van der Waals surface area (Å²) < 4.78 is 0. The Morgan fingerprint density at radius 3 is 2.47 bits per heavy atom. The van der Waals surface area contributed by atoms with Gasteiger partial charge in [0.25, 0.3) is 0 Å². The summed E-state index contributed by atoms with van der Waals surface area (Å²) in [5, 5.41) is 8.76. The number of carboxylic acid groups (broad SMARTS) is 1. The van der Waals surface area contributed by atoms with Crippen molar-refractivity contribution in [1.82, 2.24) is 4.90 Å². The Kier molecular flexibility index (Phi) is 7.34. The summed E-state index contributed by atoms with van der Waals surface area (Å²) in [5.74, 6) is -0.917. The molecule has 0 amide bonds. The summed E-state index contributed by atoms with van der Waals surface area (Å²) >= 11 is 0. The summed E-state index contributed by atoms with van der Waals surface area (Å²) in [4.78, 5) is 12.8. The Morgan fingerprint density at radius 1 is 1.47 bits per heavy atom. The summed E-state index contributed by atoms with van der Waals surface area (Å²) in [6, 6.07) is -0.363. The number of rotatable bonds is 8. The number of nitrogens with zero attached hydrogens (tertiary/aromatic N) is 1. The maximum atomic E-state index is 10.7. The first-order chi connectivity index (χ1) is 7.02. The maximum Gasteiger partial charge on any atom is 0.321 e. The summed E-state index contributed by atoms with van der Waals surface area (Å²) in [6.45, 7) is 7.74. The third kappa shape index (κ3) is 5.74. The van der Waals surface area contributed by atoms with Gasteiger partial charge in [0.1, 0.15) is 6.04 Å². The molecule has 0 aromatic heterocycles. The van der Waals surface area contributed by atoms with Gasteiger partial charge in [0.15, 0.2) is 0 Å². The Balaban J connectivity index is 4.16. The zero-order valence-corrected chi connectivity index (χ0v) is 10.1. The third-order valence-electron chi connectivity index (χ3n) is 2.76. The van der Waals surface area contributed by atoms with E-state index in [4.69, 9.17) is 10.8 Å². The molecule has 0 saturated heterocycles. The van der Waals surface area contributed by atoms with E-state index in [-0.39, 0.29) is 0 Å². The van der Waals surface area contributed by atoms with Gasteiger partial charge in [0.05, 0.1) is 0 Å². The van der Waals surface area contributed by atoms with Crippen LogP contribution in [0, 0.1) is 0 Å². The SMILES string of the molecule is CCCCN(CC(N)C(=O)O)C(C)CC. The molecule has 0 aliphatic heterocycles. The molecule has 0 radical (unpaired) electrons. The number of carbonyl (C=O) groups is 1. The predicted molar refractivity (Wildman–Crippen MR) is 61.8 cm³/mol. The fourth-order valence-electron chi connectivity index (χ4n) is 1.44. The largest absolute Gasteiger partial charge is 0.480 e. The van der Waals surface area contributed by atoms with Crippen molar-refractivity contribution >= 4 is 5.97 Å². The zero-order valence-electron chi connectivity index (χ0n) is 10.1. The van der Waals surface area contributed by atoms with Crippen LogP contribution in [0.2, 0.25) is 0 Å². The highest BCUT2D eigenvalue weighted by molar-refractivity contribution is 5.73. The van der Waals surface area contributed by atoms with E-state index < -0.39 is 12.0 Å². The van der Waals surface area contributed by atoms with Crippen LogP contribution in [-0.2, 0) is 4.79 Å². The number of nitrogens with two attached hydrogens (primary N) is 1. The fourth-order valence-corrected chi connectivity index (χ4v) is 1.44. The molecule has 0 aromatic rings. The first-order valence-electron chi connectivity index (χ1n) is 5.75. The lowest BCUT2D eigenvalue weighted by atomic mass is 10.1. The van der Waals surface area contributed by atoms with Crippen molar-refractivity contribution in [1.29, 1.82) is 0 Å². The van der Waals surface area contributed by atoms with Gasteiger partial charge in [-0.1, -0.05) is 20.3 Å². The predicted octanol–water partition coefficient (Wildman–Crippen LogP) is 1.30. The molecule has 90 valence electrons. The highest BCUT2D eigenvalue weighted by Crippen LogP contribution is 2.06. The lowest BCUT2D eigenvalue weighted by Crippen LogP contribution is -2.46. The number of hydrogen-bond acceptors (Lipinski definition) is 3. The molecule has 0 aliphatic rings. The molecule has 2 unspecified atom stereocenters. The first-order valence-corrected chi connectivity index (χ1v) is 5.75. The average molecular weight is 216 g/mol. The molecule has 4 heteroatoms. The van der Waals surface area contributed by atoms with E-state index in [1.54, 1.807) is 0 Å². The standard InChI is InChI=1S/C11H24N2O2/c1-4-6-7-13(9(3)5-2)8-10(12)11(14)15/h9-10H,4-8,12H2,1-3H3,(H,14,15). The first kappa shape index (κ1) is 14.4. The average Bonchev–Trinajstić information content (AvgIpc) is 2.22. The molecule has 15 heavy (non-hydrogen) atoms. The lowest BCUT2D eigenvalue weighted by Gasteiger charge is -2.29. The molecule has 0 aliphatic carbocycles. The van der Waals surface area contributed by atoms with Crippen molar-refractivity contribution in [3.05, 3.63) is 0 Å². The van der Waals surface area contributed by atoms with Gasteiger partial charge in [-0.25, -0.2) is 0 Å². The highest BCUT2D eigenvalue weighted by Gasteiger charge is 2.19. The van der Waals surface area contributed by atoms with Gasteiger partial charge in [-0.05, 0) is 26.3 Å². The number of unbranched alkanes of at least 4 members (excludes halogenated alkanes) is 1. The van der Waals surface area contributed by atoms with Gasteiger partial charge in [-0.2, -0.15) is 0 Å². The van der Waals surface area contributed by atoms with E-state index in [0.717, 1.165) is 25.8 Å². The van der Waals surface area contributed by atoms with Crippen LogP contribution in [0.25, 0.3) is 0 Å². The maximum absolute atomic E-state index is 10.7. The quantitative estimate of drug-likeness (QED) is 0.642. The minimum absolute atomic E-state index is 0.405. The topological polar surface area (TPSA) is 66.6 Å². The van der Waals surface area contributed by atoms with Crippen molar-refractivity contribution in [2.75, 3.05) is 13.1 Å². The van der Waals surface area contributed by atoms with Crippen LogP contribution in [0.15, 0.2) is 0 Å². The van der Waals surface area contributed by atoms with Gasteiger partial charge >= 0.3 is 5.97 Å². The summed E-state index contributed by atoms with van der Waals surface area (Å²) in [7, 11) is 0. The molecule has 0 saturated carbocycles. The molecule has 0 bridgehead atoms. The van der Waals surface area contributed by atoms with Crippen LogP contribution < -0.4 is 5.73 Å². The molecular weight excluding hydrogens is 192 g/mol. The monoisotopic (exact) mass is 216 g/mol. The van der Waals surface area contributed by atoms with Crippen LogP contribution in [0.3, 0.4) is 0 Å². The van der Waals surface area contributed by atoms with E-state index in [1.165, 1.54) is 0 Å². The molecule has 3 N–H and O–H groups in total. The van der Waals surface area contributed by atoms with E-state index in [0.29, 0.717) is 12.6 Å². The van der Waals surface area contributed by atoms with Gasteiger partial charge in [0, 0.05) is 12.6 Å². The van der Waals surface area contributed by atoms with Gasteiger partial charge < -0.3 is 10.8 Å². The minimum Gasteiger partial charge on any atom is -0.480 e. The highest BCUT2D eigenvalue weighted by atomic mass is 16.4. The van der Waals surface area contributed by atoms with Crippen molar-refractivity contribution < 1.29 is 9.90 Å². The fraction of sp³-hybridized carbons (Fsp3) is 0.909. The normalized spacial score (nSPS) is 15.3. The lowest BCUT2D eigenvalue weighted by molar-refractivity contribution is -0.139. The molecular formula is C11H24N2O2. The van der Waals surface area contributed by atoms with Crippen LogP contribution in [0.1, 0.15) is 40.0 Å².